The Labute approximate surface area is 232 Å². The summed E-state index contributed by atoms with van der Waals surface area (Å²) in [6.07, 6.45) is 1.21. The summed E-state index contributed by atoms with van der Waals surface area (Å²) in [5, 5.41) is 15.1. The van der Waals surface area contributed by atoms with Gasteiger partial charge in [-0.15, -0.1) is 0 Å². The van der Waals surface area contributed by atoms with E-state index < -0.39 is 16.8 Å². The van der Waals surface area contributed by atoms with Crippen LogP contribution >= 0.6 is 0 Å². The molecule has 0 aromatic heterocycles. The van der Waals surface area contributed by atoms with Gasteiger partial charge >= 0.3 is 5.97 Å². The number of ether oxygens (including phenoxy) is 2. The number of rotatable bonds is 19. The Morgan fingerprint density at radius 1 is 0.658 bits per heavy atom. The molecular formula is C30H58N2O6. The van der Waals surface area contributed by atoms with Crippen LogP contribution in [0.25, 0.3) is 0 Å². The van der Waals surface area contributed by atoms with Gasteiger partial charge in [-0.3, -0.25) is 14.4 Å². The van der Waals surface area contributed by atoms with Crippen molar-refractivity contribution >= 4 is 17.8 Å². The minimum Gasteiger partial charge on any atom is -0.481 e. The Kier molecular flexibility index (Phi) is 14.0. The molecule has 8 heteroatoms. The van der Waals surface area contributed by atoms with Crippen LogP contribution in [0, 0.1) is 33.0 Å². The first-order valence-electron chi connectivity index (χ1n) is 13.9. The van der Waals surface area contributed by atoms with Crippen molar-refractivity contribution in [1.82, 2.24) is 10.6 Å². The van der Waals surface area contributed by atoms with E-state index in [2.05, 4.69) is 38.3 Å². The summed E-state index contributed by atoms with van der Waals surface area (Å²) < 4.78 is 11.8. The second-order valence-electron chi connectivity index (χ2n) is 15.3. The number of carbonyl (C=O) groups is 3. The van der Waals surface area contributed by atoms with Crippen molar-refractivity contribution in [1.29, 1.82) is 0 Å². The normalized spacial score (nSPS) is 13.5. The van der Waals surface area contributed by atoms with Crippen molar-refractivity contribution in [3.8, 4) is 0 Å². The standard InChI is InChI=1S/C30H58N2O6/c1-22(2)13-30(11,12)25(36)32-17-29(9,10)21-37-18-26(3,4)14-23(33)31-16-28(7,8)20-38-19-27(5,6)15-24(34)35/h22H,13-21H2,1-12H3,(H,31,33)(H,32,36)(H,34,35). The highest BCUT2D eigenvalue weighted by Gasteiger charge is 2.31. The summed E-state index contributed by atoms with van der Waals surface area (Å²) >= 11 is 0. The van der Waals surface area contributed by atoms with Crippen LogP contribution in [0.5, 0.6) is 0 Å². The largest absolute Gasteiger partial charge is 0.481 e. The molecular weight excluding hydrogens is 484 g/mol. The quantitative estimate of drug-likeness (QED) is 0.204. The molecule has 0 rings (SSSR count). The predicted molar refractivity (Wildman–Crippen MR) is 153 cm³/mol. The van der Waals surface area contributed by atoms with E-state index in [0.717, 1.165) is 6.42 Å². The lowest BCUT2D eigenvalue weighted by Crippen LogP contribution is -2.43. The summed E-state index contributed by atoms with van der Waals surface area (Å²) in [6.45, 7) is 26.8. The first-order valence-corrected chi connectivity index (χ1v) is 13.9. The number of amides is 2. The zero-order valence-corrected chi connectivity index (χ0v) is 26.4. The van der Waals surface area contributed by atoms with Crippen molar-refractivity contribution < 1.29 is 29.0 Å². The van der Waals surface area contributed by atoms with E-state index >= 15 is 0 Å². The van der Waals surface area contributed by atoms with Gasteiger partial charge in [-0.1, -0.05) is 83.1 Å². The maximum atomic E-state index is 12.6. The molecule has 0 bridgehead atoms. The maximum Gasteiger partial charge on any atom is 0.303 e. The number of carboxylic acids is 1. The topological polar surface area (TPSA) is 114 Å². The van der Waals surface area contributed by atoms with Crippen LogP contribution in [0.1, 0.15) is 102 Å². The molecule has 0 spiro atoms. The lowest BCUT2D eigenvalue weighted by molar-refractivity contribution is -0.140. The average molecular weight is 543 g/mol. The van der Waals surface area contributed by atoms with Crippen LogP contribution in [0.4, 0.5) is 0 Å². The molecule has 38 heavy (non-hydrogen) atoms. The fourth-order valence-corrected chi connectivity index (χ4v) is 4.33. The summed E-state index contributed by atoms with van der Waals surface area (Å²) in [5.41, 5.74) is -1.71. The molecule has 0 radical (unpaired) electrons. The third kappa shape index (κ3) is 17.0. The lowest BCUT2D eigenvalue weighted by atomic mass is 9.82. The molecule has 0 atom stereocenters. The van der Waals surface area contributed by atoms with E-state index in [1.54, 1.807) is 0 Å². The third-order valence-corrected chi connectivity index (χ3v) is 6.26. The molecule has 3 N–H and O–H groups in total. The van der Waals surface area contributed by atoms with Gasteiger partial charge in [-0.2, -0.15) is 0 Å². The zero-order chi connectivity index (χ0) is 30.0. The monoisotopic (exact) mass is 542 g/mol. The Bertz CT molecular complexity index is 769. The molecule has 0 unspecified atom stereocenters. The maximum absolute atomic E-state index is 12.6. The minimum atomic E-state index is -0.840. The van der Waals surface area contributed by atoms with E-state index in [-0.39, 0.29) is 34.5 Å². The van der Waals surface area contributed by atoms with Crippen molar-refractivity contribution in [2.24, 2.45) is 33.0 Å². The predicted octanol–water partition coefficient (Wildman–Crippen LogP) is 5.29. The summed E-state index contributed by atoms with van der Waals surface area (Å²) in [5.74, 6) is -0.368. The van der Waals surface area contributed by atoms with Gasteiger partial charge in [0.1, 0.15) is 0 Å². The lowest BCUT2D eigenvalue weighted by Gasteiger charge is -2.31. The Hall–Kier alpha value is -1.67. The van der Waals surface area contributed by atoms with E-state index in [0.29, 0.717) is 51.9 Å². The van der Waals surface area contributed by atoms with E-state index in [1.807, 2.05) is 55.4 Å². The smallest absolute Gasteiger partial charge is 0.303 e. The van der Waals surface area contributed by atoms with Gasteiger partial charge in [-0.25, -0.2) is 0 Å². The molecule has 0 saturated carbocycles. The molecule has 0 fully saturated rings. The highest BCUT2D eigenvalue weighted by molar-refractivity contribution is 5.81. The number of carbonyl (C=O) groups excluding carboxylic acids is 2. The van der Waals surface area contributed by atoms with E-state index in [9.17, 15) is 14.4 Å². The van der Waals surface area contributed by atoms with E-state index in [4.69, 9.17) is 14.6 Å². The van der Waals surface area contributed by atoms with Gasteiger partial charge in [0.15, 0.2) is 0 Å². The number of aliphatic carboxylic acids is 1. The number of hydrogen-bond acceptors (Lipinski definition) is 5. The second-order valence-corrected chi connectivity index (χ2v) is 15.3. The highest BCUT2D eigenvalue weighted by Crippen LogP contribution is 2.27. The van der Waals surface area contributed by atoms with Crippen LogP contribution in [0.15, 0.2) is 0 Å². The van der Waals surface area contributed by atoms with Gasteiger partial charge < -0.3 is 25.2 Å². The van der Waals surface area contributed by atoms with Crippen molar-refractivity contribution in [2.45, 2.75) is 102 Å². The molecule has 0 saturated heterocycles. The fourth-order valence-electron chi connectivity index (χ4n) is 4.33. The minimum absolute atomic E-state index is 0.0446. The van der Waals surface area contributed by atoms with Crippen LogP contribution < -0.4 is 10.6 Å². The molecule has 0 aromatic rings. The van der Waals surface area contributed by atoms with Gasteiger partial charge in [0.2, 0.25) is 11.8 Å². The molecule has 0 heterocycles. The van der Waals surface area contributed by atoms with E-state index in [1.165, 1.54) is 0 Å². The average Bonchev–Trinajstić information content (AvgIpc) is 2.67. The Balaban J connectivity index is 4.49. The Morgan fingerprint density at radius 3 is 1.47 bits per heavy atom. The molecule has 0 aliphatic carbocycles. The molecule has 0 aromatic carbocycles. The van der Waals surface area contributed by atoms with Gasteiger partial charge in [0.25, 0.3) is 0 Å². The summed E-state index contributed by atoms with van der Waals surface area (Å²) in [4.78, 5) is 36.3. The first-order chi connectivity index (χ1) is 17.0. The summed E-state index contributed by atoms with van der Waals surface area (Å²) in [7, 11) is 0. The molecule has 2 amide bonds. The molecule has 0 aliphatic rings. The number of nitrogens with one attached hydrogen (secondary N) is 2. The van der Waals surface area contributed by atoms with Gasteiger partial charge in [-0.05, 0) is 23.2 Å². The SMILES string of the molecule is CC(C)CC(C)(C)C(=O)NCC(C)(C)COCC(C)(C)CC(=O)NCC(C)(C)COCC(C)(C)CC(=O)O. The number of hydrogen-bond donors (Lipinski definition) is 3. The van der Waals surface area contributed by atoms with Crippen LogP contribution in [-0.2, 0) is 23.9 Å². The fraction of sp³-hybridized carbons (Fsp3) is 0.900. The van der Waals surface area contributed by atoms with Crippen molar-refractivity contribution in [2.75, 3.05) is 39.5 Å². The Morgan fingerprint density at radius 2 is 1.05 bits per heavy atom. The van der Waals surface area contributed by atoms with Crippen molar-refractivity contribution in [3.05, 3.63) is 0 Å². The first kappa shape index (κ1) is 36.3. The van der Waals surface area contributed by atoms with Crippen molar-refractivity contribution in [3.63, 3.8) is 0 Å². The number of carboxylic acid groups (broad SMARTS) is 1. The highest BCUT2D eigenvalue weighted by atomic mass is 16.5. The molecule has 0 aliphatic heterocycles. The van der Waals surface area contributed by atoms with Crippen LogP contribution in [0.3, 0.4) is 0 Å². The third-order valence-electron chi connectivity index (χ3n) is 6.26. The van der Waals surface area contributed by atoms with Crippen LogP contribution in [-0.4, -0.2) is 62.4 Å². The molecule has 224 valence electrons. The zero-order valence-electron chi connectivity index (χ0n) is 26.4. The van der Waals surface area contributed by atoms with Crippen LogP contribution in [0.2, 0.25) is 0 Å². The van der Waals surface area contributed by atoms with Gasteiger partial charge in [0, 0.05) is 35.8 Å². The summed E-state index contributed by atoms with van der Waals surface area (Å²) in [6, 6.07) is 0. The molecule has 8 nitrogen and oxygen atoms in total. The van der Waals surface area contributed by atoms with Gasteiger partial charge in [0.05, 0.1) is 32.8 Å². The second kappa shape index (κ2) is 14.6.